The predicted octanol–water partition coefficient (Wildman–Crippen LogP) is 1.24. The summed E-state index contributed by atoms with van der Waals surface area (Å²) in [6, 6.07) is 0. The molecule has 1 atom stereocenters. The molecule has 0 amide bonds. The SMILES string of the molecule is [CH2]C(Cc1ncc([N+](=O)[O-])n1C)C(=O)Br. The maximum Gasteiger partial charge on any atom is 0.342 e. The van der Waals surface area contributed by atoms with Crippen LogP contribution in [-0.4, -0.2) is 19.2 Å². The van der Waals surface area contributed by atoms with Crippen molar-refractivity contribution in [1.29, 1.82) is 0 Å². The minimum atomic E-state index is -0.523. The predicted molar refractivity (Wildman–Crippen MR) is 56.3 cm³/mol. The van der Waals surface area contributed by atoms with E-state index in [0.717, 1.165) is 0 Å². The molecule has 1 heterocycles. The van der Waals surface area contributed by atoms with Gasteiger partial charge in [-0.25, -0.2) is 9.55 Å². The van der Waals surface area contributed by atoms with E-state index in [4.69, 9.17) is 0 Å². The fraction of sp³-hybridized carbons (Fsp3) is 0.375. The summed E-state index contributed by atoms with van der Waals surface area (Å²) in [5.41, 5.74) is 0. The zero-order valence-electron chi connectivity index (χ0n) is 8.01. The second-order valence-corrected chi connectivity index (χ2v) is 3.84. The van der Waals surface area contributed by atoms with Crippen molar-refractivity contribution in [3.05, 3.63) is 29.1 Å². The Bertz CT molecular complexity index is 402. The maximum absolute atomic E-state index is 10.9. The second kappa shape index (κ2) is 4.52. The van der Waals surface area contributed by atoms with Crippen LogP contribution < -0.4 is 0 Å². The number of halogens is 1. The first-order chi connectivity index (χ1) is 6.93. The molecule has 1 rings (SSSR count). The van der Waals surface area contributed by atoms with Crippen LogP contribution in [0, 0.1) is 23.0 Å². The van der Waals surface area contributed by atoms with Gasteiger partial charge in [0.25, 0.3) is 0 Å². The molecule has 0 bridgehead atoms. The van der Waals surface area contributed by atoms with Crippen LogP contribution >= 0.6 is 15.9 Å². The van der Waals surface area contributed by atoms with E-state index >= 15 is 0 Å². The van der Waals surface area contributed by atoms with Crippen molar-refractivity contribution in [3.8, 4) is 0 Å². The van der Waals surface area contributed by atoms with Crippen molar-refractivity contribution in [2.24, 2.45) is 13.0 Å². The van der Waals surface area contributed by atoms with Crippen molar-refractivity contribution in [3.63, 3.8) is 0 Å². The summed E-state index contributed by atoms with van der Waals surface area (Å²) >= 11 is 2.79. The van der Waals surface area contributed by atoms with Crippen LogP contribution in [0.1, 0.15) is 5.82 Å². The minimum absolute atomic E-state index is 0.0979. The van der Waals surface area contributed by atoms with Crippen LogP contribution in [0.3, 0.4) is 0 Å². The molecule has 1 unspecified atom stereocenters. The van der Waals surface area contributed by atoms with E-state index in [0.29, 0.717) is 5.82 Å². The Kier molecular flexibility index (Phi) is 3.57. The molecule has 0 aliphatic heterocycles. The summed E-state index contributed by atoms with van der Waals surface area (Å²) in [5, 5.41) is 10.5. The Labute approximate surface area is 94.6 Å². The molecule has 0 fully saturated rings. The number of nitrogens with zero attached hydrogens (tertiary/aromatic N) is 3. The van der Waals surface area contributed by atoms with Gasteiger partial charge in [0.05, 0.1) is 7.05 Å². The third-order valence-corrected chi connectivity index (χ3v) is 2.64. The summed E-state index contributed by atoms with van der Waals surface area (Å²) in [6.07, 6.45) is 1.44. The molecule has 6 nitrogen and oxygen atoms in total. The Morgan fingerprint density at radius 1 is 1.87 bits per heavy atom. The number of nitro groups is 1. The molecule has 0 spiro atoms. The summed E-state index contributed by atoms with van der Waals surface area (Å²) in [4.78, 5) is 24.7. The lowest BCUT2D eigenvalue weighted by atomic mass is 10.1. The van der Waals surface area contributed by atoms with Gasteiger partial charge in [0, 0.05) is 12.3 Å². The molecule has 7 heteroatoms. The van der Waals surface area contributed by atoms with E-state index < -0.39 is 10.8 Å². The number of rotatable bonds is 4. The lowest BCUT2D eigenvalue weighted by molar-refractivity contribution is -0.391. The number of carbonyl (C=O) groups excluding carboxylic acids is 1. The van der Waals surface area contributed by atoms with Gasteiger partial charge in [-0.1, -0.05) is 0 Å². The van der Waals surface area contributed by atoms with Crippen LogP contribution in [0.15, 0.2) is 6.20 Å². The van der Waals surface area contributed by atoms with Crippen LogP contribution in [0.25, 0.3) is 0 Å². The molecule has 0 saturated carbocycles. The highest BCUT2D eigenvalue weighted by Gasteiger charge is 2.20. The van der Waals surface area contributed by atoms with Crippen molar-refractivity contribution in [1.82, 2.24) is 9.55 Å². The molecule has 0 saturated heterocycles. The first-order valence-corrected chi connectivity index (χ1v) is 4.90. The van der Waals surface area contributed by atoms with Crippen molar-refractivity contribution in [2.75, 3.05) is 0 Å². The first-order valence-electron chi connectivity index (χ1n) is 4.11. The van der Waals surface area contributed by atoms with Gasteiger partial charge in [-0.2, -0.15) is 0 Å². The number of carbonyl (C=O) groups is 1. The van der Waals surface area contributed by atoms with Gasteiger partial charge < -0.3 is 10.1 Å². The van der Waals surface area contributed by atoms with Gasteiger partial charge >= 0.3 is 5.82 Å². The van der Waals surface area contributed by atoms with E-state index in [9.17, 15) is 14.9 Å². The smallest absolute Gasteiger partial charge is 0.342 e. The highest BCUT2D eigenvalue weighted by atomic mass is 79.9. The van der Waals surface area contributed by atoms with Crippen molar-refractivity contribution < 1.29 is 9.72 Å². The fourth-order valence-corrected chi connectivity index (χ4v) is 1.26. The Balaban J connectivity index is 2.88. The van der Waals surface area contributed by atoms with Crippen LogP contribution in [0.2, 0.25) is 0 Å². The molecule has 1 aromatic rings. The summed E-state index contributed by atoms with van der Waals surface area (Å²) in [6.45, 7) is 3.61. The third kappa shape index (κ3) is 2.62. The molecule has 1 aromatic heterocycles. The van der Waals surface area contributed by atoms with Crippen molar-refractivity contribution in [2.45, 2.75) is 6.42 Å². The van der Waals surface area contributed by atoms with Crippen LogP contribution in [-0.2, 0) is 18.3 Å². The molecular weight excluding hydrogens is 266 g/mol. The molecule has 0 aliphatic rings. The van der Waals surface area contributed by atoms with Gasteiger partial charge in [0.15, 0.2) is 5.82 Å². The number of hydrogen-bond donors (Lipinski definition) is 0. The zero-order chi connectivity index (χ0) is 11.6. The van der Waals surface area contributed by atoms with E-state index in [1.807, 2.05) is 0 Å². The lowest BCUT2D eigenvalue weighted by Crippen LogP contribution is -2.11. The van der Waals surface area contributed by atoms with E-state index in [2.05, 4.69) is 27.8 Å². The number of hydrogen-bond acceptors (Lipinski definition) is 4. The van der Waals surface area contributed by atoms with E-state index in [1.165, 1.54) is 17.8 Å². The van der Waals surface area contributed by atoms with Gasteiger partial charge in [-0.3, -0.25) is 4.79 Å². The molecule has 1 radical (unpaired) electrons. The monoisotopic (exact) mass is 274 g/mol. The Hall–Kier alpha value is -1.24. The van der Waals surface area contributed by atoms with Gasteiger partial charge in [0.1, 0.15) is 6.20 Å². The Morgan fingerprint density at radius 2 is 2.47 bits per heavy atom. The molecule has 15 heavy (non-hydrogen) atoms. The van der Waals surface area contributed by atoms with Gasteiger partial charge in [-0.15, -0.1) is 0 Å². The zero-order valence-corrected chi connectivity index (χ0v) is 9.60. The number of aromatic nitrogens is 2. The average molecular weight is 275 g/mol. The number of imidazole rings is 1. The fourth-order valence-electron chi connectivity index (χ4n) is 1.10. The third-order valence-electron chi connectivity index (χ3n) is 2.00. The molecular formula is C8H9BrN3O3. The first kappa shape index (κ1) is 11.8. The summed E-state index contributed by atoms with van der Waals surface area (Å²) in [5.74, 6) is -0.126. The molecule has 0 aliphatic carbocycles. The molecule has 0 aromatic carbocycles. The molecule has 81 valence electrons. The van der Waals surface area contributed by atoms with Gasteiger partial charge in [0.2, 0.25) is 4.69 Å². The van der Waals surface area contributed by atoms with Crippen LogP contribution in [0.5, 0.6) is 0 Å². The topological polar surface area (TPSA) is 78.0 Å². The lowest BCUT2D eigenvalue weighted by Gasteiger charge is -2.02. The Morgan fingerprint density at radius 3 is 2.87 bits per heavy atom. The second-order valence-electron chi connectivity index (χ2n) is 3.05. The summed E-state index contributed by atoms with van der Waals surface area (Å²) in [7, 11) is 1.53. The van der Waals surface area contributed by atoms with Crippen molar-refractivity contribution >= 4 is 26.4 Å². The normalized spacial score (nSPS) is 12.5. The largest absolute Gasteiger partial charge is 0.358 e. The van der Waals surface area contributed by atoms with E-state index in [-0.39, 0.29) is 16.9 Å². The highest BCUT2D eigenvalue weighted by molar-refractivity contribution is 9.18. The molecule has 0 N–H and O–H groups in total. The average Bonchev–Trinajstić information content (AvgIpc) is 2.48. The maximum atomic E-state index is 10.9. The quantitative estimate of drug-likeness (QED) is 0.470. The van der Waals surface area contributed by atoms with Gasteiger partial charge in [-0.05, 0) is 27.8 Å². The highest BCUT2D eigenvalue weighted by Crippen LogP contribution is 2.16. The standard InChI is InChI=1S/C8H9BrN3O3/c1-5(8(9)13)3-6-10-4-7(11(6)2)12(14)15/h4-5H,1,3H2,2H3. The minimum Gasteiger partial charge on any atom is -0.358 e. The summed E-state index contributed by atoms with van der Waals surface area (Å²) < 4.78 is 1.10. The van der Waals surface area contributed by atoms with Crippen LogP contribution in [0.4, 0.5) is 5.82 Å². The van der Waals surface area contributed by atoms with E-state index in [1.54, 1.807) is 0 Å².